The van der Waals surface area contributed by atoms with Crippen molar-refractivity contribution in [1.29, 1.82) is 0 Å². The maximum Gasteiger partial charge on any atom is 0.280 e. The van der Waals surface area contributed by atoms with E-state index in [1.54, 1.807) is 0 Å². The molecule has 0 spiro atoms. The Kier molecular flexibility index (Phi) is 4.16. The molecular formula is C7H17NO3S. The van der Waals surface area contributed by atoms with Crippen molar-refractivity contribution in [2.24, 2.45) is 17.6 Å². The van der Waals surface area contributed by atoms with E-state index in [9.17, 15) is 8.42 Å². The molecule has 0 aromatic heterocycles. The highest BCUT2D eigenvalue weighted by molar-refractivity contribution is 7.86. The zero-order valence-corrected chi connectivity index (χ0v) is 8.50. The molecule has 3 N–H and O–H groups in total. The molecule has 2 unspecified atom stereocenters. The summed E-state index contributed by atoms with van der Waals surface area (Å²) in [4.78, 5) is 0. The quantitative estimate of drug-likeness (QED) is 0.651. The second-order valence-corrected chi connectivity index (χ2v) is 5.15. The summed E-state index contributed by atoms with van der Waals surface area (Å²) in [6.07, 6.45) is 0.302. The normalized spacial score (nSPS) is 17.8. The van der Waals surface area contributed by atoms with Crippen molar-refractivity contribution in [2.45, 2.75) is 32.6 Å². The summed E-state index contributed by atoms with van der Waals surface area (Å²) in [6.45, 7) is 5.89. The third kappa shape index (κ3) is 4.04. The van der Waals surface area contributed by atoms with Gasteiger partial charge in [-0.25, -0.2) is 0 Å². The first-order valence-electron chi connectivity index (χ1n) is 3.97. The minimum Gasteiger partial charge on any atom is -0.313 e. The lowest BCUT2D eigenvalue weighted by Gasteiger charge is -2.17. The standard InChI is InChI=1S/C7H17NO3S/c1-5(2)6(3)4-7(8)12(9,10)11/h5-7H,4,8H2,1-3H3,(H,9,10,11). The molecule has 0 amide bonds. The number of nitrogens with two attached hydrogens (primary N) is 1. The van der Waals surface area contributed by atoms with Gasteiger partial charge in [0.2, 0.25) is 0 Å². The van der Waals surface area contributed by atoms with Crippen molar-refractivity contribution < 1.29 is 13.0 Å². The van der Waals surface area contributed by atoms with E-state index in [4.69, 9.17) is 10.3 Å². The minimum absolute atomic E-state index is 0.196. The van der Waals surface area contributed by atoms with Crippen molar-refractivity contribution in [3.63, 3.8) is 0 Å². The van der Waals surface area contributed by atoms with Crippen LogP contribution >= 0.6 is 0 Å². The first-order valence-corrected chi connectivity index (χ1v) is 5.47. The van der Waals surface area contributed by atoms with Gasteiger partial charge in [0.15, 0.2) is 0 Å². The molecule has 0 aromatic carbocycles. The van der Waals surface area contributed by atoms with Crippen molar-refractivity contribution in [3.8, 4) is 0 Å². The highest BCUT2D eigenvalue weighted by Crippen LogP contribution is 2.16. The topological polar surface area (TPSA) is 80.4 Å². The molecule has 4 nitrogen and oxygen atoms in total. The van der Waals surface area contributed by atoms with Gasteiger partial charge in [-0.2, -0.15) is 8.42 Å². The van der Waals surface area contributed by atoms with Crippen LogP contribution in [0.5, 0.6) is 0 Å². The Hall–Kier alpha value is -0.130. The molecule has 0 fully saturated rings. The summed E-state index contributed by atoms with van der Waals surface area (Å²) in [5.74, 6) is 0.569. The van der Waals surface area contributed by atoms with Gasteiger partial charge in [-0.15, -0.1) is 0 Å². The average molecular weight is 195 g/mol. The Morgan fingerprint density at radius 3 is 2.00 bits per heavy atom. The van der Waals surface area contributed by atoms with Crippen LogP contribution in [0, 0.1) is 11.8 Å². The van der Waals surface area contributed by atoms with Crippen molar-refractivity contribution in [1.82, 2.24) is 0 Å². The van der Waals surface area contributed by atoms with Gasteiger partial charge in [0.1, 0.15) is 5.37 Å². The lowest BCUT2D eigenvalue weighted by molar-refractivity contribution is 0.372. The van der Waals surface area contributed by atoms with E-state index >= 15 is 0 Å². The van der Waals surface area contributed by atoms with E-state index in [2.05, 4.69) is 0 Å². The fourth-order valence-electron chi connectivity index (χ4n) is 0.760. The first kappa shape index (κ1) is 11.9. The van der Waals surface area contributed by atoms with Gasteiger partial charge in [-0.1, -0.05) is 20.8 Å². The smallest absolute Gasteiger partial charge is 0.280 e. The third-order valence-electron chi connectivity index (χ3n) is 2.12. The Morgan fingerprint density at radius 2 is 1.75 bits per heavy atom. The van der Waals surface area contributed by atoms with Crippen LogP contribution in [0.15, 0.2) is 0 Å². The predicted molar refractivity (Wildman–Crippen MR) is 48.1 cm³/mol. The van der Waals surface area contributed by atoms with Crippen LogP contribution in [0.3, 0.4) is 0 Å². The Bertz CT molecular complexity index is 223. The second kappa shape index (κ2) is 4.20. The van der Waals surface area contributed by atoms with Crippen LogP contribution in [0.4, 0.5) is 0 Å². The fourth-order valence-corrected chi connectivity index (χ4v) is 1.31. The predicted octanol–water partition coefficient (Wildman–Crippen LogP) is 0.841. The molecule has 0 saturated heterocycles. The first-order chi connectivity index (χ1) is 5.25. The van der Waals surface area contributed by atoms with E-state index in [1.807, 2.05) is 20.8 Å². The summed E-state index contributed by atoms with van der Waals surface area (Å²) in [5, 5.41) is -1.14. The maximum absolute atomic E-state index is 10.5. The third-order valence-corrected chi connectivity index (χ3v) is 3.08. The molecule has 0 aromatic rings. The molecule has 12 heavy (non-hydrogen) atoms. The fraction of sp³-hybridized carbons (Fsp3) is 1.00. The maximum atomic E-state index is 10.5. The molecule has 0 heterocycles. The van der Waals surface area contributed by atoms with Crippen molar-refractivity contribution in [2.75, 3.05) is 0 Å². The Labute approximate surface area is 73.9 Å². The molecule has 0 aliphatic rings. The van der Waals surface area contributed by atoms with Gasteiger partial charge in [-0.3, -0.25) is 4.55 Å². The minimum atomic E-state index is -4.05. The van der Waals surface area contributed by atoms with Crippen molar-refractivity contribution >= 4 is 10.1 Å². The van der Waals surface area contributed by atoms with Crippen LogP contribution in [-0.2, 0) is 10.1 Å². The molecule has 2 atom stereocenters. The molecule has 74 valence electrons. The van der Waals surface area contributed by atoms with Gasteiger partial charge in [0.25, 0.3) is 10.1 Å². The van der Waals surface area contributed by atoms with E-state index in [0.29, 0.717) is 12.3 Å². The van der Waals surface area contributed by atoms with Gasteiger partial charge in [0.05, 0.1) is 0 Å². The van der Waals surface area contributed by atoms with Gasteiger partial charge in [0, 0.05) is 0 Å². The summed E-state index contributed by atoms with van der Waals surface area (Å²) < 4.78 is 29.6. The highest BCUT2D eigenvalue weighted by atomic mass is 32.2. The molecule has 0 rings (SSSR count). The van der Waals surface area contributed by atoms with E-state index in [-0.39, 0.29) is 5.92 Å². The van der Waals surface area contributed by atoms with Crippen LogP contribution in [0.2, 0.25) is 0 Å². The van der Waals surface area contributed by atoms with Gasteiger partial charge < -0.3 is 5.73 Å². The lowest BCUT2D eigenvalue weighted by Crippen LogP contribution is -2.32. The Morgan fingerprint density at radius 1 is 1.33 bits per heavy atom. The molecular weight excluding hydrogens is 178 g/mol. The molecule has 0 radical (unpaired) electrons. The van der Waals surface area contributed by atoms with Gasteiger partial charge >= 0.3 is 0 Å². The van der Waals surface area contributed by atoms with Gasteiger partial charge in [-0.05, 0) is 18.3 Å². The second-order valence-electron chi connectivity index (χ2n) is 3.51. The number of hydrogen-bond acceptors (Lipinski definition) is 3. The summed E-state index contributed by atoms with van der Waals surface area (Å²) >= 11 is 0. The monoisotopic (exact) mass is 195 g/mol. The Balaban J connectivity index is 4.11. The molecule has 0 aliphatic heterocycles. The summed E-state index contributed by atoms with van der Waals surface area (Å²) in [5.41, 5.74) is 5.25. The highest BCUT2D eigenvalue weighted by Gasteiger charge is 2.21. The van der Waals surface area contributed by atoms with Crippen LogP contribution in [0.1, 0.15) is 27.2 Å². The van der Waals surface area contributed by atoms with Crippen LogP contribution in [-0.4, -0.2) is 18.3 Å². The van der Waals surface area contributed by atoms with Crippen molar-refractivity contribution in [3.05, 3.63) is 0 Å². The number of rotatable bonds is 4. The lowest BCUT2D eigenvalue weighted by atomic mass is 9.95. The molecule has 0 bridgehead atoms. The summed E-state index contributed by atoms with van der Waals surface area (Å²) in [7, 11) is -4.05. The largest absolute Gasteiger partial charge is 0.313 e. The molecule has 5 heteroatoms. The van der Waals surface area contributed by atoms with E-state index in [0.717, 1.165) is 0 Å². The molecule has 0 aliphatic carbocycles. The average Bonchev–Trinajstić information content (AvgIpc) is 1.85. The zero-order chi connectivity index (χ0) is 9.94. The summed E-state index contributed by atoms with van der Waals surface area (Å²) in [6, 6.07) is 0. The SMILES string of the molecule is CC(C)C(C)CC(N)S(=O)(=O)O. The van der Waals surface area contributed by atoms with Crippen LogP contribution < -0.4 is 5.73 Å². The molecule has 0 saturated carbocycles. The number of hydrogen-bond donors (Lipinski definition) is 2. The van der Waals surface area contributed by atoms with Crippen LogP contribution in [0.25, 0.3) is 0 Å². The van der Waals surface area contributed by atoms with E-state index < -0.39 is 15.5 Å². The van der Waals surface area contributed by atoms with E-state index in [1.165, 1.54) is 0 Å². The zero-order valence-electron chi connectivity index (χ0n) is 7.69.